The summed E-state index contributed by atoms with van der Waals surface area (Å²) in [6, 6.07) is 3.96. The van der Waals surface area contributed by atoms with Gasteiger partial charge in [0.25, 0.3) is 0 Å². The van der Waals surface area contributed by atoms with Gasteiger partial charge in [0.2, 0.25) is 0 Å². The van der Waals surface area contributed by atoms with E-state index >= 15 is 0 Å². The zero-order chi connectivity index (χ0) is 11.3. The lowest BCUT2D eigenvalue weighted by Crippen LogP contribution is -2.51. The normalized spacial score (nSPS) is 29.3. The van der Waals surface area contributed by atoms with Gasteiger partial charge in [0, 0.05) is 30.4 Å². The first kappa shape index (κ1) is 9.81. The van der Waals surface area contributed by atoms with Gasteiger partial charge in [-0.25, -0.2) is 4.98 Å². The summed E-state index contributed by atoms with van der Waals surface area (Å²) in [7, 11) is 1.97. The van der Waals surface area contributed by atoms with Crippen LogP contribution in [-0.2, 0) is 12.6 Å². The van der Waals surface area contributed by atoms with Crippen LogP contribution in [0.25, 0.3) is 11.0 Å². The van der Waals surface area contributed by atoms with Gasteiger partial charge >= 0.3 is 0 Å². The van der Waals surface area contributed by atoms with Crippen molar-refractivity contribution in [1.29, 1.82) is 0 Å². The van der Waals surface area contributed by atoms with Gasteiger partial charge in [-0.15, -0.1) is 0 Å². The molecule has 0 aromatic carbocycles. The summed E-state index contributed by atoms with van der Waals surface area (Å²) in [6.07, 6.45) is 4.84. The van der Waals surface area contributed by atoms with E-state index in [0.29, 0.717) is 12.8 Å². The summed E-state index contributed by atoms with van der Waals surface area (Å²) < 4.78 is 1.99. The molecule has 4 heteroatoms. The maximum Gasteiger partial charge on any atom is 0.139 e. The van der Waals surface area contributed by atoms with E-state index in [2.05, 4.69) is 4.98 Å². The highest BCUT2D eigenvalue weighted by atomic mass is 16.3. The second-order valence-electron chi connectivity index (χ2n) is 4.75. The Hall–Kier alpha value is -1.39. The third-order valence-corrected chi connectivity index (χ3v) is 3.47. The topological polar surface area (TPSA) is 64.1 Å². The van der Waals surface area contributed by atoms with Crippen LogP contribution in [0.3, 0.4) is 0 Å². The number of aromatic nitrogens is 2. The van der Waals surface area contributed by atoms with E-state index in [1.54, 1.807) is 6.20 Å². The number of fused-ring (bicyclic) bond motifs is 1. The molecule has 0 saturated heterocycles. The number of aryl methyl sites for hydroxylation is 1. The molecule has 84 valence electrons. The van der Waals surface area contributed by atoms with Crippen molar-refractivity contribution >= 4 is 11.0 Å². The van der Waals surface area contributed by atoms with E-state index in [1.807, 2.05) is 29.9 Å². The highest BCUT2D eigenvalue weighted by molar-refractivity contribution is 5.81. The third kappa shape index (κ3) is 1.20. The second kappa shape index (κ2) is 3.06. The van der Waals surface area contributed by atoms with Crippen molar-refractivity contribution in [2.75, 3.05) is 0 Å². The molecule has 2 heterocycles. The summed E-state index contributed by atoms with van der Waals surface area (Å²) in [4.78, 5) is 4.34. The van der Waals surface area contributed by atoms with Crippen molar-refractivity contribution in [2.45, 2.75) is 24.5 Å². The van der Waals surface area contributed by atoms with Crippen LogP contribution in [0, 0.1) is 0 Å². The van der Waals surface area contributed by atoms with Crippen molar-refractivity contribution in [3.63, 3.8) is 0 Å². The summed E-state index contributed by atoms with van der Waals surface area (Å²) in [5.41, 5.74) is 7.97. The summed E-state index contributed by atoms with van der Waals surface area (Å²) in [5.74, 6) is 0. The van der Waals surface area contributed by atoms with Crippen LogP contribution in [0.15, 0.2) is 24.5 Å². The average Bonchev–Trinajstić information content (AvgIpc) is 2.55. The molecule has 1 fully saturated rings. The van der Waals surface area contributed by atoms with Crippen LogP contribution in [0.5, 0.6) is 0 Å². The molecule has 2 aromatic rings. The lowest BCUT2D eigenvalue weighted by atomic mass is 9.71. The highest BCUT2D eigenvalue weighted by Gasteiger charge is 2.43. The maximum absolute atomic E-state index is 9.42. The first-order valence-corrected chi connectivity index (χ1v) is 5.48. The fraction of sp³-hybridized carbons (Fsp3) is 0.417. The lowest BCUT2D eigenvalue weighted by Gasteiger charge is -2.42. The van der Waals surface area contributed by atoms with E-state index < -0.39 is 0 Å². The Morgan fingerprint density at radius 2 is 2.31 bits per heavy atom. The lowest BCUT2D eigenvalue weighted by molar-refractivity contribution is 0.0216. The fourth-order valence-electron chi connectivity index (χ4n) is 2.61. The number of hydrogen-bond acceptors (Lipinski definition) is 3. The molecule has 4 nitrogen and oxygen atoms in total. The SMILES string of the molecule is Cn1cc(C2(N)CC(O)C2)c2cccnc21. The predicted octanol–water partition coefficient (Wildman–Crippen LogP) is 0.882. The van der Waals surface area contributed by atoms with Crippen molar-refractivity contribution < 1.29 is 5.11 Å². The molecule has 0 bridgehead atoms. The van der Waals surface area contributed by atoms with Crippen molar-refractivity contribution in [2.24, 2.45) is 12.8 Å². The van der Waals surface area contributed by atoms with Crippen LogP contribution in [0.2, 0.25) is 0 Å². The Morgan fingerprint density at radius 3 is 3.00 bits per heavy atom. The van der Waals surface area contributed by atoms with E-state index in [1.165, 1.54) is 0 Å². The zero-order valence-corrected chi connectivity index (χ0v) is 9.22. The van der Waals surface area contributed by atoms with Crippen LogP contribution in [0.4, 0.5) is 0 Å². The summed E-state index contributed by atoms with van der Waals surface area (Å²) >= 11 is 0. The Kier molecular flexibility index (Phi) is 1.87. The van der Waals surface area contributed by atoms with Gasteiger partial charge in [-0.1, -0.05) is 0 Å². The molecule has 0 unspecified atom stereocenters. The van der Waals surface area contributed by atoms with Gasteiger partial charge in [0.1, 0.15) is 5.65 Å². The Labute approximate surface area is 93.7 Å². The van der Waals surface area contributed by atoms with E-state index in [4.69, 9.17) is 5.73 Å². The van der Waals surface area contributed by atoms with Gasteiger partial charge < -0.3 is 15.4 Å². The van der Waals surface area contributed by atoms with Crippen molar-refractivity contribution in [1.82, 2.24) is 9.55 Å². The molecule has 0 atom stereocenters. The van der Waals surface area contributed by atoms with Gasteiger partial charge in [-0.2, -0.15) is 0 Å². The summed E-state index contributed by atoms with van der Waals surface area (Å²) in [6.45, 7) is 0. The second-order valence-corrected chi connectivity index (χ2v) is 4.75. The first-order valence-electron chi connectivity index (χ1n) is 5.48. The molecule has 0 amide bonds. The predicted molar refractivity (Wildman–Crippen MR) is 61.8 cm³/mol. The minimum Gasteiger partial charge on any atom is -0.393 e. The monoisotopic (exact) mass is 217 g/mol. The Balaban J connectivity index is 2.18. The van der Waals surface area contributed by atoms with Gasteiger partial charge in [0.15, 0.2) is 0 Å². The van der Waals surface area contributed by atoms with Crippen LogP contribution in [-0.4, -0.2) is 20.8 Å². The number of nitrogens with two attached hydrogens (primary N) is 1. The molecule has 3 N–H and O–H groups in total. The van der Waals surface area contributed by atoms with Crippen molar-refractivity contribution in [3.8, 4) is 0 Å². The molecule has 3 rings (SSSR count). The van der Waals surface area contributed by atoms with E-state index in [0.717, 1.165) is 16.6 Å². The molecular weight excluding hydrogens is 202 g/mol. The summed E-state index contributed by atoms with van der Waals surface area (Å²) in [5, 5.41) is 10.5. The number of nitrogens with zero attached hydrogens (tertiary/aromatic N) is 2. The number of aliphatic hydroxyl groups is 1. The molecule has 1 saturated carbocycles. The number of rotatable bonds is 1. The van der Waals surface area contributed by atoms with E-state index in [-0.39, 0.29) is 11.6 Å². The quantitative estimate of drug-likeness (QED) is 0.745. The zero-order valence-electron chi connectivity index (χ0n) is 9.22. The molecule has 16 heavy (non-hydrogen) atoms. The molecule has 0 spiro atoms. The number of hydrogen-bond donors (Lipinski definition) is 2. The minimum absolute atomic E-state index is 0.253. The smallest absolute Gasteiger partial charge is 0.139 e. The van der Waals surface area contributed by atoms with Crippen LogP contribution < -0.4 is 5.73 Å². The molecule has 0 aliphatic heterocycles. The van der Waals surface area contributed by atoms with Gasteiger partial charge in [0.05, 0.1) is 6.10 Å². The molecule has 0 radical (unpaired) electrons. The largest absolute Gasteiger partial charge is 0.393 e. The average molecular weight is 217 g/mol. The fourth-order valence-corrected chi connectivity index (χ4v) is 2.61. The molecule has 2 aromatic heterocycles. The first-order chi connectivity index (χ1) is 7.60. The highest BCUT2D eigenvalue weighted by Crippen LogP contribution is 2.42. The Bertz CT molecular complexity index is 540. The van der Waals surface area contributed by atoms with Crippen LogP contribution >= 0.6 is 0 Å². The number of aliphatic hydroxyl groups excluding tert-OH is 1. The standard InChI is InChI=1S/C12H15N3O/c1-15-7-10(12(13)5-8(16)6-12)9-3-2-4-14-11(9)15/h2-4,7-8,16H,5-6,13H2,1H3. The molecular formula is C12H15N3O. The third-order valence-electron chi connectivity index (χ3n) is 3.47. The molecule has 1 aliphatic carbocycles. The maximum atomic E-state index is 9.42. The van der Waals surface area contributed by atoms with Gasteiger partial charge in [-0.05, 0) is 30.5 Å². The van der Waals surface area contributed by atoms with Gasteiger partial charge in [-0.3, -0.25) is 0 Å². The van der Waals surface area contributed by atoms with Crippen molar-refractivity contribution in [3.05, 3.63) is 30.1 Å². The van der Waals surface area contributed by atoms with E-state index in [9.17, 15) is 5.11 Å². The van der Waals surface area contributed by atoms with Crippen LogP contribution in [0.1, 0.15) is 18.4 Å². The minimum atomic E-state index is -0.373. The molecule has 1 aliphatic rings. The Morgan fingerprint density at radius 1 is 1.56 bits per heavy atom. The number of pyridine rings is 1.